The number of benzene rings is 1. The normalized spacial score (nSPS) is 14.9. The molecule has 112 valence electrons. The van der Waals surface area contributed by atoms with Gasteiger partial charge < -0.3 is 5.11 Å². The summed E-state index contributed by atoms with van der Waals surface area (Å²) in [7, 11) is -4.09. The van der Waals surface area contributed by atoms with Crippen molar-refractivity contribution in [3.8, 4) is 6.07 Å². The molecule has 21 heavy (non-hydrogen) atoms. The number of nitrogens with zero attached hydrogens (tertiary/aromatic N) is 2. The van der Waals surface area contributed by atoms with Gasteiger partial charge in [-0.15, -0.1) is 0 Å². The Balaban J connectivity index is 2.42. The van der Waals surface area contributed by atoms with Crippen LogP contribution >= 0.6 is 0 Å². The molecule has 1 aromatic rings. The molecule has 1 aromatic carbocycles. The Morgan fingerprint density at radius 1 is 1.48 bits per heavy atom. The van der Waals surface area contributed by atoms with Crippen molar-refractivity contribution in [2.45, 2.75) is 30.2 Å². The highest BCUT2D eigenvalue weighted by Crippen LogP contribution is 2.33. The van der Waals surface area contributed by atoms with E-state index >= 15 is 0 Å². The Hall–Kier alpha value is -1.98. The van der Waals surface area contributed by atoms with Crippen molar-refractivity contribution in [2.24, 2.45) is 0 Å². The van der Waals surface area contributed by atoms with E-state index in [2.05, 4.69) is 0 Å². The van der Waals surface area contributed by atoms with Crippen molar-refractivity contribution in [1.29, 1.82) is 5.26 Å². The molecule has 1 fully saturated rings. The molecule has 0 unspecified atom stereocenters. The highest BCUT2D eigenvalue weighted by Gasteiger charge is 2.39. The topological polar surface area (TPSA) is 98.5 Å². The first-order chi connectivity index (χ1) is 9.87. The number of carboxylic acids is 1. The van der Waals surface area contributed by atoms with Crippen LogP contribution in [0.3, 0.4) is 0 Å². The van der Waals surface area contributed by atoms with Crippen molar-refractivity contribution >= 4 is 16.0 Å². The molecule has 8 heteroatoms. The maximum absolute atomic E-state index is 13.6. The van der Waals surface area contributed by atoms with Gasteiger partial charge in [-0.3, -0.25) is 4.79 Å². The average molecular weight is 312 g/mol. The molecule has 1 aliphatic rings. The van der Waals surface area contributed by atoms with Crippen LogP contribution in [-0.2, 0) is 14.8 Å². The molecule has 1 N–H and O–H groups in total. The van der Waals surface area contributed by atoms with Crippen molar-refractivity contribution in [3.05, 3.63) is 29.6 Å². The van der Waals surface area contributed by atoms with Crippen molar-refractivity contribution in [3.63, 3.8) is 0 Å². The first kappa shape index (κ1) is 15.4. The van der Waals surface area contributed by atoms with Gasteiger partial charge in [0, 0.05) is 12.6 Å². The Kier molecular flexibility index (Phi) is 4.25. The van der Waals surface area contributed by atoms with Gasteiger partial charge in [0.1, 0.15) is 22.3 Å². The molecule has 0 aliphatic heterocycles. The number of hydrogen-bond donors (Lipinski definition) is 1. The van der Waals surface area contributed by atoms with E-state index < -0.39 is 32.3 Å². The zero-order valence-corrected chi connectivity index (χ0v) is 11.8. The summed E-state index contributed by atoms with van der Waals surface area (Å²) in [5.74, 6) is -2.02. The standard InChI is InChI=1S/C13H13FN2O4S/c14-11-2-1-3-12(10(11)8-15)21(19,20)16(9-4-5-9)7-6-13(17)18/h1-3,9H,4-7H2,(H,17,18). The third-order valence-corrected chi connectivity index (χ3v) is 5.17. The van der Waals surface area contributed by atoms with Crippen LogP contribution in [0.2, 0.25) is 0 Å². The molecule has 6 nitrogen and oxygen atoms in total. The predicted molar refractivity (Wildman–Crippen MR) is 70.3 cm³/mol. The van der Waals surface area contributed by atoms with Crippen LogP contribution in [0, 0.1) is 17.1 Å². The van der Waals surface area contributed by atoms with E-state index in [9.17, 15) is 17.6 Å². The minimum absolute atomic E-state index is 0.191. The second kappa shape index (κ2) is 5.79. The summed E-state index contributed by atoms with van der Waals surface area (Å²) >= 11 is 0. The van der Waals surface area contributed by atoms with Crippen LogP contribution < -0.4 is 0 Å². The lowest BCUT2D eigenvalue weighted by Crippen LogP contribution is -2.35. The molecule has 0 atom stereocenters. The Bertz CT molecular complexity index is 707. The average Bonchev–Trinajstić information content (AvgIpc) is 3.22. The van der Waals surface area contributed by atoms with E-state index in [0.29, 0.717) is 12.8 Å². The summed E-state index contributed by atoms with van der Waals surface area (Å²) in [6.07, 6.45) is 0.930. The molecule has 0 heterocycles. The number of sulfonamides is 1. The molecule has 0 bridgehead atoms. The van der Waals surface area contributed by atoms with Crippen molar-refractivity contribution < 1.29 is 22.7 Å². The number of carboxylic acid groups (broad SMARTS) is 1. The van der Waals surface area contributed by atoms with Crippen LogP contribution in [-0.4, -0.2) is 36.4 Å². The Labute approximate surface area is 121 Å². The minimum Gasteiger partial charge on any atom is -0.481 e. The Morgan fingerprint density at radius 3 is 2.67 bits per heavy atom. The largest absolute Gasteiger partial charge is 0.481 e. The van der Waals surface area contributed by atoms with E-state index in [1.54, 1.807) is 6.07 Å². The molecule has 0 spiro atoms. The molecule has 1 saturated carbocycles. The molecule has 0 radical (unpaired) electrons. The monoisotopic (exact) mass is 312 g/mol. The summed E-state index contributed by atoms with van der Waals surface area (Å²) in [5.41, 5.74) is -0.543. The quantitative estimate of drug-likeness (QED) is 0.854. The molecule has 2 rings (SSSR count). The highest BCUT2D eigenvalue weighted by molar-refractivity contribution is 7.89. The summed E-state index contributed by atoms with van der Waals surface area (Å²) in [6, 6.07) is 4.66. The van der Waals surface area contributed by atoms with Gasteiger partial charge in [0.2, 0.25) is 10.0 Å². The number of nitriles is 1. The zero-order chi connectivity index (χ0) is 15.6. The van der Waals surface area contributed by atoms with Crippen LogP contribution in [0.25, 0.3) is 0 Å². The number of halogens is 1. The van der Waals surface area contributed by atoms with Crippen molar-refractivity contribution in [2.75, 3.05) is 6.54 Å². The number of rotatable bonds is 6. The van der Waals surface area contributed by atoms with E-state index in [4.69, 9.17) is 10.4 Å². The van der Waals surface area contributed by atoms with Gasteiger partial charge in [0.25, 0.3) is 0 Å². The van der Waals surface area contributed by atoms with Gasteiger partial charge in [-0.05, 0) is 25.0 Å². The molecule has 0 amide bonds. The van der Waals surface area contributed by atoms with Gasteiger partial charge in [0.15, 0.2) is 0 Å². The number of aliphatic carboxylic acids is 1. The summed E-state index contributed by atoms with van der Waals surface area (Å²) in [5, 5.41) is 17.7. The maximum Gasteiger partial charge on any atom is 0.304 e. The third kappa shape index (κ3) is 3.20. The van der Waals surface area contributed by atoms with E-state index in [-0.39, 0.29) is 19.0 Å². The van der Waals surface area contributed by atoms with Gasteiger partial charge in [-0.2, -0.15) is 9.57 Å². The van der Waals surface area contributed by atoms with Gasteiger partial charge >= 0.3 is 5.97 Å². The first-order valence-electron chi connectivity index (χ1n) is 6.30. The number of hydrogen-bond acceptors (Lipinski definition) is 4. The van der Waals surface area contributed by atoms with E-state index in [0.717, 1.165) is 16.4 Å². The fourth-order valence-corrected chi connectivity index (χ4v) is 3.86. The SMILES string of the molecule is N#Cc1c(F)cccc1S(=O)(=O)N(CCC(=O)O)C1CC1. The first-order valence-corrected chi connectivity index (χ1v) is 7.74. The second-order valence-corrected chi connectivity index (χ2v) is 6.57. The number of carbonyl (C=O) groups is 1. The fraction of sp³-hybridized carbons (Fsp3) is 0.385. The molecule has 0 aromatic heterocycles. The smallest absolute Gasteiger partial charge is 0.304 e. The lowest BCUT2D eigenvalue weighted by molar-refractivity contribution is -0.137. The van der Waals surface area contributed by atoms with Crippen molar-refractivity contribution in [1.82, 2.24) is 4.31 Å². The van der Waals surface area contributed by atoms with Gasteiger partial charge in [-0.25, -0.2) is 12.8 Å². The van der Waals surface area contributed by atoms with Crippen LogP contribution in [0.1, 0.15) is 24.8 Å². The van der Waals surface area contributed by atoms with Gasteiger partial charge in [-0.1, -0.05) is 6.07 Å². The summed E-state index contributed by atoms with van der Waals surface area (Å²) in [4.78, 5) is 10.2. The lowest BCUT2D eigenvalue weighted by atomic mass is 10.2. The molecule has 0 saturated heterocycles. The molecule has 1 aliphatic carbocycles. The van der Waals surface area contributed by atoms with Gasteiger partial charge in [0.05, 0.1) is 6.42 Å². The van der Waals surface area contributed by atoms with E-state index in [1.165, 1.54) is 6.07 Å². The Morgan fingerprint density at radius 2 is 2.14 bits per heavy atom. The maximum atomic E-state index is 13.6. The van der Waals surface area contributed by atoms with Crippen LogP contribution in [0.5, 0.6) is 0 Å². The highest BCUT2D eigenvalue weighted by atomic mass is 32.2. The summed E-state index contributed by atoms with van der Waals surface area (Å²) < 4.78 is 39.8. The molecular formula is C13H13FN2O4S. The van der Waals surface area contributed by atoms with Crippen LogP contribution in [0.4, 0.5) is 4.39 Å². The molecular weight excluding hydrogens is 299 g/mol. The minimum atomic E-state index is -4.09. The fourth-order valence-electron chi connectivity index (χ4n) is 2.02. The van der Waals surface area contributed by atoms with E-state index in [1.807, 2.05) is 0 Å². The zero-order valence-electron chi connectivity index (χ0n) is 11.0. The predicted octanol–water partition coefficient (Wildman–Crippen LogP) is 1.33. The van der Waals surface area contributed by atoms with Crippen LogP contribution in [0.15, 0.2) is 23.1 Å². The summed E-state index contributed by atoms with van der Waals surface area (Å²) in [6.45, 7) is -0.191. The lowest BCUT2D eigenvalue weighted by Gasteiger charge is -2.21. The second-order valence-electron chi connectivity index (χ2n) is 4.72. The third-order valence-electron chi connectivity index (χ3n) is 3.17.